The first-order chi connectivity index (χ1) is 10.9. The van der Waals surface area contributed by atoms with Gasteiger partial charge in [-0.2, -0.15) is 0 Å². The highest BCUT2D eigenvalue weighted by Crippen LogP contribution is 2.16. The quantitative estimate of drug-likeness (QED) is 0.840. The van der Waals surface area contributed by atoms with Crippen molar-refractivity contribution in [3.05, 3.63) is 35.6 Å². The van der Waals surface area contributed by atoms with E-state index in [2.05, 4.69) is 0 Å². The number of carbonyl (C=O) groups is 2. The average molecular weight is 321 g/mol. The van der Waals surface area contributed by atoms with Gasteiger partial charge in [0.2, 0.25) is 11.8 Å². The number of nitrogens with zero attached hydrogens (tertiary/aromatic N) is 3. The van der Waals surface area contributed by atoms with Crippen LogP contribution in [0.3, 0.4) is 0 Å². The summed E-state index contributed by atoms with van der Waals surface area (Å²) >= 11 is 0. The first-order valence-corrected chi connectivity index (χ1v) is 7.81. The largest absolute Gasteiger partial charge is 0.348 e. The van der Waals surface area contributed by atoms with Crippen molar-refractivity contribution in [2.75, 3.05) is 40.3 Å². The van der Waals surface area contributed by atoms with Crippen molar-refractivity contribution in [3.63, 3.8) is 0 Å². The molecule has 1 unspecified atom stereocenters. The van der Waals surface area contributed by atoms with E-state index in [0.29, 0.717) is 38.3 Å². The lowest BCUT2D eigenvalue weighted by atomic mass is 10.1. The number of rotatable bonds is 3. The molecule has 0 radical (unpaired) electrons. The van der Waals surface area contributed by atoms with Crippen LogP contribution in [0, 0.1) is 11.7 Å². The number of amides is 2. The summed E-state index contributed by atoms with van der Waals surface area (Å²) in [7, 11) is 3.43. The van der Waals surface area contributed by atoms with E-state index in [1.165, 1.54) is 13.0 Å². The smallest absolute Gasteiger partial charge is 0.228 e. The van der Waals surface area contributed by atoms with Gasteiger partial charge in [-0.25, -0.2) is 4.39 Å². The van der Waals surface area contributed by atoms with Crippen molar-refractivity contribution < 1.29 is 14.0 Å². The zero-order valence-corrected chi connectivity index (χ0v) is 14.0. The minimum atomic E-state index is -0.289. The zero-order chi connectivity index (χ0) is 17.0. The van der Waals surface area contributed by atoms with Crippen molar-refractivity contribution in [1.29, 1.82) is 0 Å². The van der Waals surface area contributed by atoms with Crippen LogP contribution in [0.1, 0.15) is 12.5 Å². The molecule has 0 bridgehead atoms. The molecular weight excluding hydrogens is 297 g/mol. The van der Waals surface area contributed by atoms with Gasteiger partial charge in [-0.05, 0) is 6.07 Å². The van der Waals surface area contributed by atoms with E-state index in [1.54, 1.807) is 42.1 Å². The topological polar surface area (TPSA) is 43.9 Å². The molecule has 0 saturated carbocycles. The maximum absolute atomic E-state index is 13.9. The molecule has 23 heavy (non-hydrogen) atoms. The fourth-order valence-electron chi connectivity index (χ4n) is 2.90. The van der Waals surface area contributed by atoms with E-state index in [-0.39, 0.29) is 23.5 Å². The second-order valence-electron chi connectivity index (χ2n) is 6.22. The van der Waals surface area contributed by atoms with E-state index in [4.69, 9.17) is 0 Å². The Hall–Kier alpha value is -1.95. The first-order valence-electron chi connectivity index (χ1n) is 7.81. The molecule has 1 atom stereocenters. The molecule has 0 N–H and O–H groups in total. The lowest BCUT2D eigenvalue weighted by Gasteiger charge is -2.25. The molecule has 0 spiro atoms. The summed E-state index contributed by atoms with van der Waals surface area (Å²) in [6.07, 6.45) is 0. The summed E-state index contributed by atoms with van der Waals surface area (Å²) in [6.45, 7) is 4.08. The average Bonchev–Trinajstić information content (AvgIpc) is 2.71. The van der Waals surface area contributed by atoms with E-state index in [9.17, 15) is 14.0 Å². The Kier molecular flexibility index (Phi) is 5.71. The van der Waals surface area contributed by atoms with Gasteiger partial charge in [-0.15, -0.1) is 0 Å². The van der Waals surface area contributed by atoms with Gasteiger partial charge in [0.1, 0.15) is 5.82 Å². The van der Waals surface area contributed by atoms with Crippen LogP contribution < -0.4 is 0 Å². The molecule has 1 heterocycles. The molecule has 1 aromatic carbocycles. The lowest BCUT2D eigenvalue weighted by Crippen LogP contribution is -2.41. The van der Waals surface area contributed by atoms with Crippen molar-refractivity contribution >= 4 is 11.8 Å². The van der Waals surface area contributed by atoms with Crippen molar-refractivity contribution in [2.24, 2.45) is 5.92 Å². The number of halogens is 1. The summed E-state index contributed by atoms with van der Waals surface area (Å²) in [5.41, 5.74) is 0.611. The molecule has 1 aliphatic heterocycles. The summed E-state index contributed by atoms with van der Waals surface area (Å²) in [5.74, 6) is -0.565. The van der Waals surface area contributed by atoms with Crippen LogP contribution in [0.2, 0.25) is 0 Å². The number of carbonyl (C=O) groups excluding carboxylic acids is 2. The first kappa shape index (κ1) is 17.4. The van der Waals surface area contributed by atoms with Gasteiger partial charge in [0, 0.05) is 59.3 Å². The van der Waals surface area contributed by atoms with Gasteiger partial charge in [-0.3, -0.25) is 14.5 Å². The molecule has 1 saturated heterocycles. The van der Waals surface area contributed by atoms with Crippen molar-refractivity contribution in [3.8, 4) is 0 Å². The van der Waals surface area contributed by atoms with Gasteiger partial charge < -0.3 is 9.80 Å². The summed E-state index contributed by atoms with van der Waals surface area (Å²) < 4.78 is 13.9. The van der Waals surface area contributed by atoms with Crippen LogP contribution in [-0.2, 0) is 16.1 Å². The molecule has 1 aromatic rings. The van der Waals surface area contributed by atoms with Crippen LogP contribution in [0.15, 0.2) is 24.3 Å². The minimum Gasteiger partial charge on any atom is -0.348 e. The highest BCUT2D eigenvalue weighted by atomic mass is 19.1. The predicted molar refractivity (Wildman–Crippen MR) is 86.1 cm³/mol. The Morgan fingerprint density at radius 1 is 1.22 bits per heavy atom. The molecule has 0 aliphatic carbocycles. The highest BCUT2D eigenvalue weighted by Gasteiger charge is 2.30. The second-order valence-corrected chi connectivity index (χ2v) is 6.22. The molecule has 1 aliphatic rings. The van der Waals surface area contributed by atoms with Crippen LogP contribution in [0.5, 0.6) is 0 Å². The van der Waals surface area contributed by atoms with E-state index < -0.39 is 0 Å². The molecule has 1 fully saturated rings. The second kappa shape index (κ2) is 7.55. The molecule has 6 heteroatoms. The fourth-order valence-corrected chi connectivity index (χ4v) is 2.90. The van der Waals surface area contributed by atoms with Gasteiger partial charge in [0.25, 0.3) is 0 Å². The fraction of sp³-hybridized carbons (Fsp3) is 0.529. The van der Waals surface area contributed by atoms with E-state index in [1.807, 2.05) is 4.90 Å². The predicted octanol–water partition coefficient (Wildman–Crippen LogP) is 1.19. The maximum Gasteiger partial charge on any atom is 0.228 e. The maximum atomic E-state index is 13.9. The van der Waals surface area contributed by atoms with Crippen molar-refractivity contribution in [2.45, 2.75) is 13.5 Å². The Balaban J connectivity index is 2.15. The molecule has 2 rings (SSSR count). The van der Waals surface area contributed by atoms with Crippen molar-refractivity contribution in [1.82, 2.24) is 14.7 Å². The molecule has 0 aromatic heterocycles. The van der Waals surface area contributed by atoms with Crippen LogP contribution in [-0.4, -0.2) is 66.8 Å². The van der Waals surface area contributed by atoms with Crippen LogP contribution in [0.25, 0.3) is 0 Å². The van der Waals surface area contributed by atoms with Gasteiger partial charge in [0.15, 0.2) is 0 Å². The molecule has 5 nitrogen and oxygen atoms in total. The number of hydrogen-bond acceptors (Lipinski definition) is 3. The Morgan fingerprint density at radius 3 is 2.52 bits per heavy atom. The third-order valence-corrected chi connectivity index (χ3v) is 4.19. The number of benzene rings is 1. The molecular formula is C17H24FN3O2. The Morgan fingerprint density at radius 2 is 1.91 bits per heavy atom. The molecule has 126 valence electrons. The monoisotopic (exact) mass is 321 g/mol. The van der Waals surface area contributed by atoms with Crippen LogP contribution in [0.4, 0.5) is 4.39 Å². The standard InChI is InChI=1S/C17H24FN3O2/c1-13(22)21-9-8-20(10-14-6-4-5-7-16(14)18)11-15(12-21)17(23)19(2)3/h4-7,15H,8-12H2,1-3H3. The highest BCUT2D eigenvalue weighted by molar-refractivity contribution is 5.80. The third kappa shape index (κ3) is 4.51. The van der Waals surface area contributed by atoms with E-state index >= 15 is 0 Å². The number of hydrogen-bond donors (Lipinski definition) is 0. The Labute approximate surface area is 136 Å². The third-order valence-electron chi connectivity index (χ3n) is 4.19. The van der Waals surface area contributed by atoms with Crippen LogP contribution >= 0.6 is 0 Å². The lowest BCUT2D eigenvalue weighted by molar-refractivity contribution is -0.135. The zero-order valence-electron chi connectivity index (χ0n) is 14.0. The normalized spacial score (nSPS) is 19.3. The van der Waals surface area contributed by atoms with Gasteiger partial charge in [-0.1, -0.05) is 18.2 Å². The minimum absolute atomic E-state index is 0.00307. The van der Waals surface area contributed by atoms with Gasteiger partial charge >= 0.3 is 0 Å². The summed E-state index contributed by atoms with van der Waals surface area (Å²) in [6, 6.07) is 6.67. The Bertz CT molecular complexity index is 577. The van der Waals surface area contributed by atoms with E-state index in [0.717, 1.165) is 0 Å². The summed E-state index contributed by atoms with van der Waals surface area (Å²) in [5, 5.41) is 0. The molecule has 2 amide bonds. The van der Waals surface area contributed by atoms with Gasteiger partial charge in [0.05, 0.1) is 5.92 Å². The SMILES string of the molecule is CC(=O)N1CCN(Cc2ccccc2F)CC(C(=O)N(C)C)C1. The summed E-state index contributed by atoms with van der Waals surface area (Å²) in [4.78, 5) is 29.4.